The lowest BCUT2D eigenvalue weighted by atomic mass is 9.95. The molecule has 1 aliphatic rings. The van der Waals surface area contributed by atoms with Crippen LogP contribution in [0.1, 0.15) is 24.8 Å². The zero-order chi connectivity index (χ0) is 21.4. The SMILES string of the molecule is CC[C@@H](C(=O)N1CCN(c2nc3cc(Br)ccc3n3cccc23)CC1)c1ccccc1. The van der Waals surface area contributed by atoms with E-state index in [0.29, 0.717) is 13.1 Å². The van der Waals surface area contributed by atoms with Gasteiger partial charge in [0.05, 0.1) is 22.5 Å². The minimum absolute atomic E-state index is 0.0683. The number of fused-ring (bicyclic) bond motifs is 3. The first-order valence-corrected chi connectivity index (χ1v) is 11.6. The van der Waals surface area contributed by atoms with E-state index < -0.39 is 0 Å². The number of carbonyl (C=O) groups excluding carboxylic acids is 1. The number of carbonyl (C=O) groups is 1. The fraction of sp³-hybridized carbons (Fsp3) is 0.280. The number of hydrogen-bond donors (Lipinski definition) is 0. The third-order valence-corrected chi connectivity index (χ3v) is 6.69. The summed E-state index contributed by atoms with van der Waals surface area (Å²) in [4.78, 5) is 22.6. The molecule has 1 amide bonds. The van der Waals surface area contributed by atoms with Gasteiger partial charge >= 0.3 is 0 Å². The molecule has 2 aromatic carbocycles. The molecule has 1 fully saturated rings. The van der Waals surface area contributed by atoms with Crippen LogP contribution in [-0.2, 0) is 4.79 Å². The maximum atomic E-state index is 13.2. The number of amides is 1. The van der Waals surface area contributed by atoms with Gasteiger partial charge in [-0.1, -0.05) is 53.2 Å². The van der Waals surface area contributed by atoms with E-state index in [4.69, 9.17) is 4.98 Å². The molecule has 0 bridgehead atoms. The van der Waals surface area contributed by atoms with Crippen LogP contribution in [0.4, 0.5) is 5.82 Å². The summed E-state index contributed by atoms with van der Waals surface area (Å²) < 4.78 is 3.22. The topological polar surface area (TPSA) is 40.9 Å². The summed E-state index contributed by atoms with van der Waals surface area (Å²) in [7, 11) is 0. The second-order valence-electron chi connectivity index (χ2n) is 8.02. The fourth-order valence-electron chi connectivity index (χ4n) is 4.56. The number of nitrogens with zero attached hydrogens (tertiary/aromatic N) is 4. The smallest absolute Gasteiger partial charge is 0.230 e. The lowest BCUT2D eigenvalue weighted by Gasteiger charge is -2.37. The highest BCUT2D eigenvalue weighted by Crippen LogP contribution is 2.29. The minimum Gasteiger partial charge on any atom is -0.351 e. The summed E-state index contributed by atoms with van der Waals surface area (Å²) in [6, 6.07) is 20.5. The Bertz CT molecular complexity index is 1230. The summed E-state index contributed by atoms with van der Waals surface area (Å²) in [6.07, 6.45) is 2.90. The molecule has 0 spiro atoms. The van der Waals surface area contributed by atoms with Crippen molar-refractivity contribution in [3.63, 3.8) is 0 Å². The third-order valence-electron chi connectivity index (χ3n) is 6.20. The zero-order valence-electron chi connectivity index (χ0n) is 17.5. The molecular formula is C25H25BrN4O. The van der Waals surface area contributed by atoms with Crippen LogP contribution in [0.25, 0.3) is 16.6 Å². The first-order valence-electron chi connectivity index (χ1n) is 10.8. The van der Waals surface area contributed by atoms with E-state index in [9.17, 15) is 4.79 Å². The van der Waals surface area contributed by atoms with Gasteiger partial charge in [-0.15, -0.1) is 0 Å². The van der Waals surface area contributed by atoms with Crippen LogP contribution in [0.15, 0.2) is 71.3 Å². The molecule has 158 valence electrons. The van der Waals surface area contributed by atoms with Crippen molar-refractivity contribution >= 4 is 44.2 Å². The van der Waals surface area contributed by atoms with Crippen LogP contribution in [0.3, 0.4) is 0 Å². The quantitative estimate of drug-likeness (QED) is 0.411. The molecule has 6 heteroatoms. The van der Waals surface area contributed by atoms with Gasteiger partial charge in [0, 0.05) is 36.8 Å². The van der Waals surface area contributed by atoms with Crippen molar-refractivity contribution in [3.8, 4) is 0 Å². The molecule has 0 saturated carbocycles. The molecule has 0 N–H and O–H groups in total. The Labute approximate surface area is 190 Å². The average molecular weight is 477 g/mol. The Balaban J connectivity index is 1.38. The normalized spacial score (nSPS) is 15.5. The van der Waals surface area contributed by atoms with E-state index in [1.165, 1.54) is 0 Å². The van der Waals surface area contributed by atoms with Gasteiger partial charge in [0.2, 0.25) is 5.91 Å². The Morgan fingerprint density at radius 3 is 2.52 bits per heavy atom. The monoisotopic (exact) mass is 476 g/mol. The van der Waals surface area contributed by atoms with Crippen molar-refractivity contribution in [1.82, 2.24) is 14.3 Å². The van der Waals surface area contributed by atoms with E-state index >= 15 is 0 Å². The molecule has 2 aromatic heterocycles. The van der Waals surface area contributed by atoms with Gasteiger partial charge < -0.3 is 14.2 Å². The number of aromatic nitrogens is 2. The van der Waals surface area contributed by atoms with Crippen molar-refractivity contribution in [2.75, 3.05) is 31.1 Å². The minimum atomic E-state index is -0.0683. The van der Waals surface area contributed by atoms with E-state index in [0.717, 1.165) is 51.9 Å². The van der Waals surface area contributed by atoms with Gasteiger partial charge in [-0.05, 0) is 42.3 Å². The van der Waals surface area contributed by atoms with Crippen molar-refractivity contribution in [2.45, 2.75) is 19.3 Å². The Morgan fingerprint density at radius 1 is 1.00 bits per heavy atom. The second kappa shape index (κ2) is 8.35. The molecule has 1 saturated heterocycles. The highest BCUT2D eigenvalue weighted by atomic mass is 79.9. The molecule has 5 rings (SSSR count). The van der Waals surface area contributed by atoms with Crippen LogP contribution in [0.2, 0.25) is 0 Å². The number of piperazine rings is 1. The maximum absolute atomic E-state index is 13.2. The molecule has 0 aliphatic carbocycles. The predicted octanol–water partition coefficient (Wildman–Crippen LogP) is 5.09. The largest absolute Gasteiger partial charge is 0.351 e. The molecule has 0 radical (unpaired) electrons. The van der Waals surface area contributed by atoms with Crippen LogP contribution in [-0.4, -0.2) is 46.4 Å². The van der Waals surface area contributed by atoms with Crippen LogP contribution in [0, 0.1) is 0 Å². The van der Waals surface area contributed by atoms with E-state index in [1.807, 2.05) is 29.2 Å². The summed E-state index contributed by atoms with van der Waals surface area (Å²) in [5, 5.41) is 0. The summed E-state index contributed by atoms with van der Waals surface area (Å²) in [5.74, 6) is 1.15. The van der Waals surface area contributed by atoms with Gasteiger partial charge in [0.25, 0.3) is 0 Å². The third kappa shape index (κ3) is 3.69. The van der Waals surface area contributed by atoms with E-state index in [-0.39, 0.29) is 11.8 Å². The highest BCUT2D eigenvalue weighted by Gasteiger charge is 2.28. The van der Waals surface area contributed by atoms with E-state index in [2.05, 4.69) is 74.7 Å². The molecule has 0 unspecified atom stereocenters. The lowest BCUT2D eigenvalue weighted by molar-refractivity contribution is -0.133. The van der Waals surface area contributed by atoms with Gasteiger partial charge in [-0.25, -0.2) is 4.98 Å². The Morgan fingerprint density at radius 2 is 1.77 bits per heavy atom. The molecule has 5 nitrogen and oxygen atoms in total. The van der Waals surface area contributed by atoms with Gasteiger partial charge in [-0.3, -0.25) is 4.79 Å². The molecule has 1 aliphatic heterocycles. The van der Waals surface area contributed by atoms with Crippen molar-refractivity contribution < 1.29 is 4.79 Å². The first-order chi connectivity index (χ1) is 15.2. The molecule has 3 heterocycles. The van der Waals surface area contributed by atoms with Crippen LogP contribution < -0.4 is 4.90 Å². The number of benzene rings is 2. The fourth-order valence-corrected chi connectivity index (χ4v) is 4.91. The highest BCUT2D eigenvalue weighted by molar-refractivity contribution is 9.10. The van der Waals surface area contributed by atoms with Crippen molar-refractivity contribution in [1.29, 1.82) is 0 Å². The zero-order valence-corrected chi connectivity index (χ0v) is 19.1. The van der Waals surface area contributed by atoms with Crippen LogP contribution >= 0.6 is 15.9 Å². The Kier molecular flexibility index (Phi) is 5.40. The molecule has 31 heavy (non-hydrogen) atoms. The number of halogens is 1. The lowest BCUT2D eigenvalue weighted by Crippen LogP contribution is -2.50. The summed E-state index contributed by atoms with van der Waals surface area (Å²) in [5.41, 5.74) is 4.26. The maximum Gasteiger partial charge on any atom is 0.230 e. The molecule has 1 atom stereocenters. The predicted molar refractivity (Wildman–Crippen MR) is 129 cm³/mol. The molecule has 4 aromatic rings. The van der Waals surface area contributed by atoms with Gasteiger partial charge in [-0.2, -0.15) is 0 Å². The van der Waals surface area contributed by atoms with E-state index in [1.54, 1.807) is 0 Å². The Hall–Kier alpha value is -2.86. The second-order valence-corrected chi connectivity index (χ2v) is 8.93. The average Bonchev–Trinajstić information content (AvgIpc) is 3.30. The number of hydrogen-bond acceptors (Lipinski definition) is 3. The summed E-state index contributed by atoms with van der Waals surface area (Å²) in [6.45, 7) is 5.08. The van der Waals surface area contributed by atoms with Gasteiger partial charge in [0.15, 0.2) is 5.82 Å². The van der Waals surface area contributed by atoms with Crippen molar-refractivity contribution in [3.05, 3.63) is 76.9 Å². The number of rotatable bonds is 4. The van der Waals surface area contributed by atoms with Crippen molar-refractivity contribution in [2.24, 2.45) is 0 Å². The van der Waals surface area contributed by atoms with Gasteiger partial charge in [0.1, 0.15) is 0 Å². The molecular weight excluding hydrogens is 452 g/mol. The number of anilines is 1. The summed E-state index contributed by atoms with van der Waals surface area (Å²) >= 11 is 3.56. The standard InChI is InChI=1S/C25H25BrN4O/c1-2-20(18-7-4-3-5-8-18)25(31)29-15-13-28(14-16-29)24-23-9-6-12-30(23)22-11-10-19(26)17-21(22)27-24/h3-12,17,20H,2,13-16H2,1H3/t20-/m1/s1. The first kappa shape index (κ1) is 20.1. The van der Waals surface area contributed by atoms with Crippen LogP contribution in [0.5, 0.6) is 0 Å².